The monoisotopic (exact) mass is 440 g/mol. The first kappa shape index (κ1) is 22.1. The van der Waals surface area contributed by atoms with E-state index in [4.69, 9.17) is 4.74 Å². The molecule has 31 heavy (non-hydrogen) atoms. The van der Waals surface area contributed by atoms with Gasteiger partial charge < -0.3 is 4.74 Å². The van der Waals surface area contributed by atoms with Gasteiger partial charge in [0, 0.05) is 25.7 Å². The number of nitro groups is 1. The molecule has 0 fully saturated rings. The molecule has 8 nitrogen and oxygen atoms in total. The largest absolute Gasteiger partial charge is 0.457 e. The first-order valence-electron chi connectivity index (χ1n) is 9.28. The highest BCUT2D eigenvalue weighted by Gasteiger charge is 2.22. The second kappa shape index (κ2) is 9.50. The van der Waals surface area contributed by atoms with Crippen LogP contribution in [0.4, 0.5) is 5.69 Å². The van der Waals surface area contributed by atoms with Crippen LogP contribution in [0.1, 0.15) is 21.5 Å². The lowest BCUT2D eigenvalue weighted by Gasteiger charge is -2.17. The number of nitrogens with zero attached hydrogens (tertiary/aromatic N) is 2. The van der Waals surface area contributed by atoms with Crippen molar-refractivity contribution in [3.05, 3.63) is 106 Å². The van der Waals surface area contributed by atoms with Crippen LogP contribution in [0.25, 0.3) is 0 Å². The summed E-state index contributed by atoms with van der Waals surface area (Å²) < 4.78 is 32.2. The molecule has 0 heterocycles. The lowest BCUT2D eigenvalue weighted by Crippen LogP contribution is -2.26. The Morgan fingerprint density at radius 3 is 2.35 bits per heavy atom. The summed E-state index contributed by atoms with van der Waals surface area (Å²) in [5.74, 6) is -0.728. The van der Waals surface area contributed by atoms with E-state index in [9.17, 15) is 23.3 Å². The number of esters is 1. The van der Waals surface area contributed by atoms with Crippen LogP contribution in [-0.2, 0) is 27.9 Å². The summed E-state index contributed by atoms with van der Waals surface area (Å²) in [6, 6.07) is 20.5. The summed E-state index contributed by atoms with van der Waals surface area (Å²) in [5, 5.41) is 10.9. The normalized spacial score (nSPS) is 11.3. The zero-order valence-electron chi connectivity index (χ0n) is 16.7. The number of hydrogen-bond donors (Lipinski definition) is 0. The van der Waals surface area contributed by atoms with Gasteiger partial charge >= 0.3 is 5.97 Å². The molecular weight excluding hydrogens is 420 g/mol. The summed E-state index contributed by atoms with van der Waals surface area (Å²) in [7, 11) is -2.36. The molecule has 0 unspecified atom stereocenters. The lowest BCUT2D eigenvalue weighted by atomic mass is 10.2. The predicted molar refractivity (Wildman–Crippen MR) is 114 cm³/mol. The fourth-order valence-electron chi connectivity index (χ4n) is 2.88. The Balaban J connectivity index is 1.72. The van der Waals surface area contributed by atoms with Crippen molar-refractivity contribution in [1.29, 1.82) is 0 Å². The van der Waals surface area contributed by atoms with Crippen LogP contribution >= 0.6 is 0 Å². The third-order valence-corrected chi connectivity index (χ3v) is 6.32. The molecule has 0 aliphatic carbocycles. The zero-order chi connectivity index (χ0) is 22.4. The second-order valence-corrected chi connectivity index (χ2v) is 8.82. The zero-order valence-corrected chi connectivity index (χ0v) is 17.5. The van der Waals surface area contributed by atoms with E-state index in [1.807, 2.05) is 30.3 Å². The number of nitro benzene ring substituents is 1. The van der Waals surface area contributed by atoms with E-state index in [0.29, 0.717) is 5.56 Å². The highest BCUT2D eigenvalue weighted by atomic mass is 32.2. The summed E-state index contributed by atoms with van der Waals surface area (Å²) in [6.45, 7) is 0.00996. The molecule has 0 aliphatic rings. The van der Waals surface area contributed by atoms with Crippen LogP contribution in [0, 0.1) is 10.1 Å². The summed E-state index contributed by atoms with van der Waals surface area (Å²) >= 11 is 0. The number of sulfonamides is 1. The molecule has 0 N–H and O–H groups in total. The molecule has 3 aromatic rings. The summed E-state index contributed by atoms with van der Waals surface area (Å²) in [4.78, 5) is 22.7. The van der Waals surface area contributed by atoms with Gasteiger partial charge in [-0.3, -0.25) is 10.1 Å². The molecule has 9 heteroatoms. The van der Waals surface area contributed by atoms with Gasteiger partial charge in [0.15, 0.2) is 0 Å². The van der Waals surface area contributed by atoms with Crippen molar-refractivity contribution in [3.63, 3.8) is 0 Å². The molecule has 0 radical (unpaired) electrons. The van der Waals surface area contributed by atoms with Gasteiger partial charge in [-0.1, -0.05) is 48.5 Å². The van der Waals surface area contributed by atoms with Gasteiger partial charge in [-0.25, -0.2) is 13.2 Å². The van der Waals surface area contributed by atoms with Crippen molar-refractivity contribution in [1.82, 2.24) is 4.31 Å². The highest BCUT2D eigenvalue weighted by molar-refractivity contribution is 7.89. The van der Waals surface area contributed by atoms with Crippen molar-refractivity contribution in [2.24, 2.45) is 0 Å². The van der Waals surface area contributed by atoms with Crippen LogP contribution < -0.4 is 0 Å². The van der Waals surface area contributed by atoms with E-state index in [-0.39, 0.29) is 29.3 Å². The van der Waals surface area contributed by atoms with Gasteiger partial charge in [-0.15, -0.1) is 0 Å². The SMILES string of the molecule is CN(Cc1ccccc1)S(=O)(=O)c1cccc(C(=O)OCc2cccc([N+](=O)[O-])c2)c1. The first-order valence-corrected chi connectivity index (χ1v) is 10.7. The average molecular weight is 440 g/mol. The lowest BCUT2D eigenvalue weighted by molar-refractivity contribution is -0.384. The molecule has 3 aromatic carbocycles. The van der Waals surface area contributed by atoms with E-state index < -0.39 is 20.9 Å². The maximum absolute atomic E-state index is 12.9. The third-order valence-electron chi connectivity index (χ3n) is 4.52. The molecule has 0 saturated carbocycles. The maximum Gasteiger partial charge on any atom is 0.338 e. The Bertz CT molecular complexity index is 1200. The van der Waals surface area contributed by atoms with Crippen LogP contribution in [-0.4, -0.2) is 30.7 Å². The van der Waals surface area contributed by atoms with Crippen molar-refractivity contribution in [2.75, 3.05) is 7.05 Å². The van der Waals surface area contributed by atoms with E-state index >= 15 is 0 Å². The van der Waals surface area contributed by atoms with Crippen molar-refractivity contribution in [2.45, 2.75) is 18.0 Å². The minimum absolute atomic E-state index is 0.0317. The smallest absolute Gasteiger partial charge is 0.338 e. The van der Waals surface area contributed by atoms with Crippen LogP contribution in [0.2, 0.25) is 0 Å². The van der Waals surface area contributed by atoms with Gasteiger partial charge in [-0.05, 0) is 29.3 Å². The van der Waals surface area contributed by atoms with Gasteiger partial charge in [0.25, 0.3) is 5.69 Å². The minimum atomic E-state index is -3.82. The minimum Gasteiger partial charge on any atom is -0.457 e. The summed E-state index contributed by atoms with van der Waals surface area (Å²) in [6.07, 6.45) is 0. The Labute approximate surface area is 179 Å². The molecule has 3 rings (SSSR count). The maximum atomic E-state index is 12.9. The number of carbonyl (C=O) groups excluding carboxylic acids is 1. The molecule has 160 valence electrons. The van der Waals surface area contributed by atoms with Crippen molar-refractivity contribution in [3.8, 4) is 0 Å². The average Bonchev–Trinajstić information content (AvgIpc) is 2.78. The number of non-ortho nitro benzene ring substituents is 1. The van der Waals surface area contributed by atoms with Gasteiger partial charge in [0.2, 0.25) is 10.0 Å². The van der Waals surface area contributed by atoms with Gasteiger partial charge in [-0.2, -0.15) is 4.31 Å². The van der Waals surface area contributed by atoms with E-state index in [2.05, 4.69) is 0 Å². The summed E-state index contributed by atoms with van der Waals surface area (Å²) in [5.41, 5.74) is 1.25. The molecule has 0 atom stereocenters. The first-order chi connectivity index (χ1) is 14.8. The number of hydrogen-bond acceptors (Lipinski definition) is 6. The van der Waals surface area contributed by atoms with Crippen LogP contribution in [0.3, 0.4) is 0 Å². The molecule has 0 bridgehead atoms. The quantitative estimate of drug-likeness (QED) is 0.300. The van der Waals surface area contributed by atoms with Crippen LogP contribution in [0.5, 0.6) is 0 Å². The molecule has 0 aromatic heterocycles. The predicted octanol–water partition coefficient (Wildman–Crippen LogP) is 3.77. The topological polar surface area (TPSA) is 107 Å². The molecule has 0 saturated heterocycles. The third kappa shape index (κ3) is 5.53. The molecule has 0 spiro atoms. The Morgan fingerprint density at radius 2 is 1.65 bits per heavy atom. The Morgan fingerprint density at radius 1 is 0.968 bits per heavy atom. The Kier molecular flexibility index (Phi) is 6.78. The molecule has 0 amide bonds. The van der Waals surface area contributed by atoms with E-state index in [0.717, 1.165) is 5.56 Å². The Hall–Kier alpha value is -3.56. The second-order valence-electron chi connectivity index (χ2n) is 6.78. The fraction of sp³-hybridized carbons (Fsp3) is 0.136. The van der Waals surface area contributed by atoms with E-state index in [1.54, 1.807) is 6.07 Å². The van der Waals surface area contributed by atoms with Crippen molar-refractivity contribution >= 4 is 21.7 Å². The number of ether oxygens (including phenoxy) is 1. The van der Waals surface area contributed by atoms with Gasteiger partial charge in [0.1, 0.15) is 6.61 Å². The molecule has 0 aliphatic heterocycles. The fourth-order valence-corrected chi connectivity index (χ4v) is 4.09. The molecular formula is C22H20N2O6S. The van der Waals surface area contributed by atoms with Gasteiger partial charge in [0.05, 0.1) is 15.4 Å². The highest BCUT2D eigenvalue weighted by Crippen LogP contribution is 2.19. The number of rotatable bonds is 8. The standard InChI is InChI=1S/C22H20N2O6S/c1-23(15-17-7-3-2-4-8-17)31(28,29)21-12-6-10-19(14-21)22(25)30-16-18-9-5-11-20(13-18)24(26)27/h2-14H,15-16H2,1H3. The van der Waals surface area contributed by atoms with Crippen LogP contribution in [0.15, 0.2) is 83.8 Å². The van der Waals surface area contributed by atoms with Crippen molar-refractivity contribution < 1.29 is 22.9 Å². The number of carbonyl (C=O) groups is 1. The van der Waals surface area contributed by atoms with E-state index in [1.165, 1.54) is 53.8 Å². The number of benzene rings is 3.